The summed E-state index contributed by atoms with van der Waals surface area (Å²) in [6.45, 7) is 0.0489. The lowest BCUT2D eigenvalue weighted by Crippen LogP contribution is -2.38. The molecule has 1 saturated heterocycles. The molecule has 1 N–H and O–H groups in total. The lowest BCUT2D eigenvalue weighted by Gasteiger charge is -2.20. The van der Waals surface area contributed by atoms with Crippen LogP contribution >= 0.6 is 0 Å². The SMILES string of the molecule is O=C(Cc1cccnc1)N[C@@H]1CC(=O)N(Cc2ccccc2C(F)(F)F)C1. The molecule has 1 atom stereocenters. The van der Waals surface area contributed by atoms with E-state index in [0.29, 0.717) is 0 Å². The first-order valence-electron chi connectivity index (χ1n) is 8.44. The molecule has 8 heteroatoms. The highest BCUT2D eigenvalue weighted by molar-refractivity contribution is 5.83. The molecule has 0 aliphatic carbocycles. The van der Waals surface area contributed by atoms with Crippen molar-refractivity contribution in [3.8, 4) is 0 Å². The molecule has 5 nitrogen and oxygen atoms in total. The fraction of sp³-hybridized carbons (Fsp3) is 0.316. The number of nitrogens with one attached hydrogen (secondary N) is 1. The number of pyridine rings is 1. The molecular weight excluding hydrogens is 359 g/mol. The van der Waals surface area contributed by atoms with Gasteiger partial charge in [0.1, 0.15) is 0 Å². The summed E-state index contributed by atoms with van der Waals surface area (Å²) in [7, 11) is 0. The molecule has 1 fully saturated rings. The second-order valence-electron chi connectivity index (χ2n) is 6.44. The number of benzene rings is 1. The topological polar surface area (TPSA) is 62.3 Å². The number of carbonyl (C=O) groups is 2. The minimum atomic E-state index is -4.48. The van der Waals surface area contributed by atoms with Crippen LogP contribution in [-0.2, 0) is 28.7 Å². The van der Waals surface area contributed by atoms with Crippen molar-refractivity contribution in [1.82, 2.24) is 15.2 Å². The number of aromatic nitrogens is 1. The standard InChI is InChI=1S/C19H18F3N3O2/c20-19(21,22)16-6-2-1-5-14(16)11-25-12-15(9-18(25)27)24-17(26)8-13-4-3-7-23-10-13/h1-7,10,15H,8-9,11-12H2,(H,24,26)/t15-/m1/s1. The van der Waals surface area contributed by atoms with Crippen LogP contribution in [0.1, 0.15) is 23.1 Å². The third-order valence-corrected chi connectivity index (χ3v) is 4.35. The first-order chi connectivity index (χ1) is 12.8. The molecule has 0 unspecified atom stereocenters. The molecule has 0 bridgehead atoms. The number of hydrogen-bond acceptors (Lipinski definition) is 3. The van der Waals surface area contributed by atoms with E-state index >= 15 is 0 Å². The van der Waals surface area contributed by atoms with Gasteiger partial charge in [0.15, 0.2) is 0 Å². The van der Waals surface area contributed by atoms with Gasteiger partial charge in [0, 0.05) is 31.9 Å². The third-order valence-electron chi connectivity index (χ3n) is 4.35. The summed E-state index contributed by atoms with van der Waals surface area (Å²) < 4.78 is 39.3. The summed E-state index contributed by atoms with van der Waals surface area (Å²) in [6.07, 6.45) is -1.08. The van der Waals surface area contributed by atoms with Crippen LogP contribution in [0.2, 0.25) is 0 Å². The molecular formula is C19H18F3N3O2. The van der Waals surface area contributed by atoms with E-state index < -0.39 is 17.8 Å². The first kappa shape index (κ1) is 18.9. The van der Waals surface area contributed by atoms with E-state index in [9.17, 15) is 22.8 Å². The van der Waals surface area contributed by atoms with Gasteiger partial charge in [-0.15, -0.1) is 0 Å². The zero-order chi connectivity index (χ0) is 19.4. The lowest BCUT2D eigenvalue weighted by molar-refractivity contribution is -0.139. The van der Waals surface area contributed by atoms with Crippen LogP contribution in [0.4, 0.5) is 13.2 Å². The smallest absolute Gasteiger partial charge is 0.351 e. The maximum absolute atomic E-state index is 13.1. The fourth-order valence-electron chi connectivity index (χ4n) is 3.13. The van der Waals surface area contributed by atoms with Crippen molar-refractivity contribution in [3.05, 3.63) is 65.5 Å². The quantitative estimate of drug-likeness (QED) is 0.871. The van der Waals surface area contributed by atoms with Crippen molar-refractivity contribution in [3.63, 3.8) is 0 Å². The zero-order valence-electron chi connectivity index (χ0n) is 14.4. The molecule has 27 heavy (non-hydrogen) atoms. The first-order valence-corrected chi connectivity index (χ1v) is 8.44. The Balaban J connectivity index is 1.61. The van der Waals surface area contributed by atoms with Crippen molar-refractivity contribution in [2.75, 3.05) is 6.54 Å². The van der Waals surface area contributed by atoms with Gasteiger partial charge in [0.2, 0.25) is 11.8 Å². The van der Waals surface area contributed by atoms with Crippen LogP contribution in [0.3, 0.4) is 0 Å². The molecule has 142 valence electrons. The number of nitrogens with zero attached hydrogens (tertiary/aromatic N) is 2. The number of carbonyl (C=O) groups excluding carboxylic acids is 2. The Labute approximate surface area is 154 Å². The van der Waals surface area contributed by atoms with Gasteiger partial charge in [0.05, 0.1) is 18.0 Å². The monoisotopic (exact) mass is 377 g/mol. The maximum atomic E-state index is 13.1. The van der Waals surface area contributed by atoms with Crippen molar-refractivity contribution in [2.24, 2.45) is 0 Å². The van der Waals surface area contributed by atoms with Crippen LogP contribution in [0.15, 0.2) is 48.8 Å². The summed E-state index contributed by atoms with van der Waals surface area (Å²) in [4.78, 5) is 29.6. The van der Waals surface area contributed by atoms with E-state index in [2.05, 4.69) is 10.3 Å². The second-order valence-corrected chi connectivity index (χ2v) is 6.44. The summed E-state index contributed by atoms with van der Waals surface area (Å²) in [5.41, 5.74) is 0.0397. The van der Waals surface area contributed by atoms with Gasteiger partial charge in [-0.1, -0.05) is 24.3 Å². The van der Waals surface area contributed by atoms with Crippen molar-refractivity contribution < 1.29 is 22.8 Å². The number of amides is 2. The molecule has 0 radical (unpaired) electrons. The van der Waals surface area contributed by atoms with Crippen molar-refractivity contribution in [1.29, 1.82) is 0 Å². The number of hydrogen-bond donors (Lipinski definition) is 1. The number of rotatable bonds is 5. The van der Waals surface area contributed by atoms with Gasteiger partial charge in [-0.3, -0.25) is 14.6 Å². The van der Waals surface area contributed by atoms with Gasteiger partial charge in [-0.05, 0) is 23.3 Å². The molecule has 2 heterocycles. The number of likely N-dealkylation sites (tertiary alicyclic amines) is 1. The summed E-state index contributed by atoms with van der Waals surface area (Å²) in [5, 5.41) is 2.77. The van der Waals surface area contributed by atoms with Gasteiger partial charge < -0.3 is 10.2 Å². The molecule has 1 aliphatic heterocycles. The minimum absolute atomic E-state index is 0.0423. The normalized spacial score (nSPS) is 17.2. The zero-order valence-corrected chi connectivity index (χ0v) is 14.4. The van der Waals surface area contributed by atoms with E-state index in [-0.39, 0.29) is 43.3 Å². The van der Waals surface area contributed by atoms with Crippen LogP contribution in [-0.4, -0.2) is 34.3 Å². The highest BCUT2D eigenvalue weighted by atomic mass is 19.4. The predicted octanol–water partition coefficient (Wildman–Crippen LogP) is 2.56. The van der Waals surface area contributed by atoms with Crippen molar-refractivity contribution in [2.45, 2.75) is 31.6 Å². The molecule has 1 aliphatic rings. The maximum Gasteiger partial charge on any atom is 0.416 e. The predicted molar refractivity (Wildman–Crippen MR) is 91.3 cm³/mol. The highest BCUT2D eigenvalue weighted by Crippen LogP contribution is 2.32. The Morgan fingerprint density at radius 1 is 1.22 bits per heavy atom. The Morgan fingerprint density at radius 2 is 2.00 bits per heavy atom. The van der Waals surface area contributed by atoms with Gasteiger partial charge >= 0.3 is 6.18 Å². The van der Waals surface area contributed by atoms with Crippen molar-refractivity contribution >= 4 is 11.8 Å². The Kier molecular flexibility index (Phi) is 5.43. The largest absolute Gasteiger partial charge is 0.416 e. The van der Waals surface area contributed by atoms with Gasteiger partial charge in [-0.2, -0.15) is 13.2 Å². The Bertz CT molecular complexity index is 824. The fourth-order valence-corrected chi connectivity index (χ4v) is 3.13. The van der Waals surface area contributed by atoms with E-state index in [0.717, 1.165) is 11.6 Å². The molecule has 3 rings (SSSR count). The molecule has 1 aromatic heterocycles. The van der Waals surface area contributed by atoms with E-state index in [1.54, 1.807) is 24.5 Å². The average molecular weight is 377 g/mol. The lowest BCUT2D eigenvalue weighted by atomic mass is 10.1. The highest BCUT2D eigenvalue weighted by Gasteiger charge is 2.35. The summed E-state index contributed by atoms with van der Waals surface area (Å²) in [5.74, 6) is -0.531. The molecule has 2 amide bonds. The van der Waals surface area contributed by atoms with Crippen LogP contribution in [0, 0.1) is 0 Å². The van der Waals surface area contributed by atoms with Gasteiger partial charge in [-0.25, -0.2) is 0 Å². The summed E-state index contributed by atoms with van der Waals surface area (Å²) in [6, 6.07) is 8.28. The van der Waals surface area contributed by atoms with Crippen LogP contribution in [0.25, 0.3) is 0 Å². The van der Waals surface area contributed by atoms with Crippen LogP contribution in [0.5, 0.6) is 0 Å². The van der Waals surface area contributed by atoms with Crippen LogP contribution < -0.4 is 5.32 Å². The number of halogens is 3. The molecule has 0 spiro atoms. The molecule has 0 saturated carbocycles. The van der Waals surface area contributed by atoms with Gasteiger partial charge in [0.25, 0.3) is 0 Å². The van der Waals surface area contributed by atoms with E-state index in [1.807, 2.05) is 0 Å². The van der Waals surface area contributed by atoms with E-state index in [4.69, 9.17) is 0 Å². The summed E-state index contributed by atoms with van der Waals surface area (Å²) >= 11 is 0. The van der Waals surface area contributed by atoms with E-state index in [1.165, 1.54) is 23.1 Å². The third kappa shape index (κ3) is 4.84. The Morgan fingerprint density at radius 3 is 2.70 bits per heavy atom. The molecule has 2 aromatic rings. The minimum Gasteiger partial charge on any atom is -0.351 e. The Hall–Kier alpha value is -2.90. The number of alkyl halides is 3. The molecule has 1 aromatic carbocycles. The average Bonchev–Trinajstić information content (AvgIpc) is 2.94. The second kappa shape index (κ2) is 7.77.